The normalized spacial score (nSPS) is 13.1. The molecule has 0 aliphatic rings. The summed E-state index contributed by atoms with van der Waals surface area (Å²) >= 11 is 1.81. The van der Waals surface area contributed by atoms with Crippen molar-refractivity contribution in [2.75, 3.05) is 0 Å². The first-order valence-electron chi connectivity index (χ1n) is 5.86. The largest absolute Gasteiger partial charge is 0.328 e. The summed E-state index contributed by atoms with van der Waals surface area (Å²) in [7, 11) is 0. The minimum Gasteiger partial charge on any atom is -0.328 e. The summed E-state index contributed by atoms with van der Waals surface area (Å²) in [4.78, 5) is 4.62. The Balaban J connectivity index is 1.89. The molecule has 0 amide bonds. The van der Waals surface area contributed by atoms with Gasteiger partial charge in [0, 0.05) is 6.04 Å². The number of fused-ring (bicyclic) bond motifs is 1. The summed E-state index contributed by atoms with van der Waals surface area (Å²) in [6.45, 7) is 2.07. The highest BCUT2D eigenvalue weighted by molar-refractivity contribution is 7.18. The minimum absolute atomic E-state index is 0.329. The van der Waals surface area contributed by atoms with Gasteiger partial charge in [-0.2, -0.15) is 0 Å². The van der Waals surface area contributed by atoms with E-state index in [1.54, 1.807) is 0 Å². The van der Waals surface area contributed by atoms with Crippen LogP contribution >= 0.6 is 11.3 Å². The number of rotatable bonds is 5. The van der Waals surface area contributed by atoms with Gasteiger partial charge in [-0.1, -0.05) is 18.6 Å². The Morgan fingerprint density at radius 2 is 2.12 bits per heavy atom. The van der Waals surface area contributed by atoms with Crippen LogP contribution in [0.25, 0.3) is 10.2 Å². The lowest BCUT2D eigenvalue weighted by Gasteiger charge is -2.02. The van der Waals surface area contributed by atoms with E-state index in [1.807, 2.05) is 17.4 Å². The number of thiazole rings is 1. The lowest BCUT2D eigenvalue weighted by atomic mass is 10.1. The first-order chi connectivity index (χ1) is 7.75. The van der Waals surface area contributed by atoms with Crippen LogP contribution in [0.2, 0.25) is 0 Å². The van der Waals surface area contributed by atoms with E-state index in [0.717, 1.165) is 18.4 Å². The van der Waals surface area contributed by atoms with E-state index in [9.17, 15) is 0 Å². The van der Waals surface area contributed by atoms with Crippen molar-refractivity contribution in [3.05, 3.63) is 29.3 Å². The van der Waals surface area contributed by atoms with Gasteiger partial charge in [-0.3, -0.25) is 0 Å². The molecule has 2 rings (SSSR count). The number of para-hydroxylation sites is 1. The van der Waals surface area contributed by atoms with Gasteiger partial charge in [0.15, 0.2) is 0 Å². The van der Waals surface area contributed by atoms with Gasteiger partial charge in [-0.15, -0.1) is 11.3 Å². The van der Waals surface area contributed by atoms with Gasteiger partial charge in [-0.25, -0.2) is 4.98 Å². The van der Waals surface area contributed by atoms with E-state index in [1.165, 1.54) is 22.5 Å². The van der Waals surface area contributed by atoms with Gasteiger partial charge in [0.1, 0.15) is 0 Å². The zero-order valence-corrected chi connectivity index (χ0v) is 10.5. The van der Waals surface area contributed by atoms with Crippen molar-refractivity contribution in [2.24, 2.45) is 5.73 Å². The highest BCUT2D eigenvalue weighted by atomic mass is 32.1. The number of hydrogen-bond acceptors (Lipinski definition) is 3. The highest BCUT2D eigenvalue weighted by Gasteiger charge is 2.02. The molecule has 1 atom stereocenters. The molecule has 0 spiro atoms. The zero-order valence-electron chi connectivity index (χ0n) is 9.65. The third-order valence-electron chi connectivity index (χ3n) is 2.64. The Morgan fingerprint density at radius 3 is 2.88 bits per heavy atom. The Bertz CT molecular complexity index is 415. The van der Waals surface area contributed by atoms with Crippen molar-refractivity contribution in [1.29, 1.82) is 0 Å². The van der Waals surface area contributed by atoms with Gasteiger partial charge in [0.2, 0.25) is 0 Å². The predicted molar refractivity (Wildman–Crippen MR) is 70.8 cm³/mol. The smallest absolute Gasteiger partial charge is 0.0938 e. The molecule has 0 saturated carbocycles. The molecule has 16 heavy (non-hydrogen) atoms. The maximum atomic E-state index is 5.72. The Labute approximate surface area is 101 Å². The lowest BCUT2D eigenvalue weighted by Crippen LogP contribution is -2.14. The standard InChI is InChI=1S/C13H18N2S/c1-10(14)6-2-5-9-13-15-11-7-3-4-8-12(11)16-13/h3-4,7-8,10H,2,5-6,9,14H2,1H3/t10-/m1/s1. The number of nitrogens with two attached hydrogens (primary N) is 1. The van der Waals surface area contributed by atoms with Gasteiger partial charge < -0.3 is 5.73 Å². The third kappa shape index (κ3) is 3.03. The van der Waals surface area contributed by atoms with Crippen molar-refractivity contribution in [1.82, 2.24) is 4.98 Å². The second kappa shape index (κ2) is 5.41. The van der Waals surface area contributed by atoms with Crippen molar-refractivity contribution >= 4 is 21.6 Å². The molecule has 0 radical (unpaired) electrons. The summed E-state index contributed by atoms with van der Waals surface area (Å²) in [5, 5.41) is 1.26. The van der Waals surface area contributed by atoms with E-state index in [-0.39, 0.29) is 0 Å². The van der Waals surface area contributed by atoms with Crippen molar-refractivity contribution in [3.8, 4) is 0 Å². The van der Waals surface area contributed by atoms with Gasteiger partial charge in [-0.05, 0) is 38.3 Å². The molecule has 3 heteroatoms. The molecule has 0 unspecified atom stereocenters. The summed E-state index contributed by atoms with van der Waals surface area (Å²) in [6.07, 6.45) is 4.60. The molecule has 2 N–H and O–H groups in total. The summed E-state index contributed by atoms with van der Waals surface area (Å²) in [6, 6.07) is 8.66. The molecule has 0 saturated heterocycles. The quantitative estimate of drug-likeness (QED) is 0.806. The van der Waals surface area contributed by atoms with Crippen LogP contribution in [0, 0.1) is 0 Å². The molecule has 1 heterocycles. The molecular weight excluding hydrogens is 216 g/mol. The second-order valence-electron chi connectivity index (χ2n) is 4.30. The molecular formula is C13H18N2S. The van der Waals surface area contributed by atoms with E-state index in [2.05, 4.69) is 30.1 Å². The zero-order chi connectivity index (χ0) is 11.4. The van der Waals surface area contributed by atoms with Crippen molar-refractivity contribution < 1.29 is 0 Å². The van der Waals surface area contributed by atoms with E-state index >= 15 is 0 Å². The van der Waals surface area contributed by atoms with Crippen LogP contribution in [0.4, 0.5) is 0 Å². The lowest BCUT2D eigenvalue weighted by molar-refractivity contribution is 0.597. The Kier molecular flexibility index (Phi) is 3.91. The highest BCUT2D eigenvalue weighted by Crippen LogP contribution is 2.22. The van der Waals surface area contributed by atoms with Crippen molar-refractivity contribution in [3.63, 3.8) is 0 Å². The predicted octanol–water partition coefficient (Wildman–Crippen LogP) is 3.36. The van der Waals surface area contributed by atoms with Crippen LogP contribution in [-0.4, -0.2) is 11.0 Å². The minimum atomic E-state index is 0.329. The van der Waals surface area contributed by atoms with E-state index in [0.29, 0.717) is 6.04 Å². The van der Waals surface area contributed by atoms with Crippen LogP contribution in [0.3, 0.4) is 0 Å². The van der Waals surface area contributed by atoms with Crippen LogP contribution in [0.1, 0.15) is 31.2 Å². The molecule has 2 aromatic rings. The summed E-state index contributed by atoms with van der Waals surface area (Å²) in [5.74, 6) is 0. The van der Waals surface area contributed by atoms with Gasteiger partial charge in [0.25, 0.3) is 0 Å². The third-order valence-corrected chi connectivity index (χ3v) is 3.73. The first kappa shape index (κ1) is 11.6. The summed E-state index contributed by atoms with van der Waals surface area (Å²) < 4.78 is 1.30. The first-order valence-corrected chi connectivity index (χ1v) is 6.67. The average Bonchev–Trinajstić information content (AvgIpc) is 2.66. The second-order valence-corrected chi connectivity index (χ2v) is 5.41. The maximum absolute atomic E-state index is 5.72. The van der Waals surface area contributed by atoms with Crippen LogP contribution in [0.15, 0.2) is 24.3 Å². The van der Waals surface area contributed by atoms with Crippen LogP contribution < -0.4 is 5.73 Å². The fourth-order valence-electron chi connectivity index (χ4n) is 1.77. The van der Waals surface area contributed by atoms with E-state index < -0.39 is 0 Å². The number of benzene rings is 1. The number of nitrogens with zero attached hydrogens (tertiary/aromatic N) is 1. The van der Waals surface area contributed by atoms with Crippen LogP contribution in [0.5, 0.6) is 0 Å². The average molecular weight is 234 g/mol. The number of unbranched alkanes of at least 4 members (excludes halogenated alkanes) is 1. The van der Waals surface area contributed by atoms with E-state index in [4.69, 9.17) is 5.73 Å². The molecule has 0 bridgehead atoms. The molecule has 86 valence electrons. The Hall–Kier alpha value is -0.930. The van der Waals surface area contributed by atoms with Gasteiger partial charge >= 0.3 is 0 Å². The topological polar surface area (TPSA) is 38.9 Å². The Morgan fingerprint density at radius 1 is 1.31 bits per heavy atom. The number of aromatic nitrogens is 1. The summed E-state index contributed by atoms with van der Waals surface area (Å²) in [5.41, 5.74) is 6.85. The maximum Gasteiger partial charge on any atom is 0.0938 e. The molecule has 0 aliphatic carbocycles. The number of hydrogen-bond donors (Lipinski definition) is 1. The fraction of sp³-hybridized carbons (Fsp3) is 0.462. The number of aryl methyl sites for hydroxylation is 1. The fourth-order valence-corrected chi connectivity index (χ4v) is 2.78. The van der Waals surface area contributed by atoms with Crippen molar-refractivity contribution in [2.45, 2.75) is 38.6 Å². The molecule has 0 aliphatic heterocycles. The monoisotopic (exact) mass is 234 g/mol. The van der Waals surface area contributed by atoms with Crippen LogP contribution in [-0.2, 0) is 6.42 Å². The molecule has 1 aromatic carbocycles. The molecule has 2 nitrogen and oxygen atoms in total. The van der Waals surface area contributed by atoms with Gasteiger partial charge in [0.05, 0.1) is 15.2 Å². The molecule has 0 fully saturated rings. The SMILES string of the molecule is C[C@@H](N)CCCCc1nc2ccccc2s1. The molecule has 1 aromatic heterocycles.